The Morgan fingerprint density at radius 2 is 2.03 bits per heavy atom. The first-order valence-electron chi connectivity index (χ1n) is 10.0. The zero-order valence-electron chi connectivity index (χ0n) is 16.8. The maximum Gasteiger partial charge on any atom is 0.341 e. The lowest BCUT2D eigenvalue weighted by Gasteiger charge is -2.19. The number of esters is 1. The number of aryl methyl sites for hydroxylation is 1. The van der Waals surface area contributed by atoms with Crippen LogP contribution in [0.2, 0.25) is 5.02 Å². The van der Waals surface area contributed by atoms with Crippen LogP contribution in [0.1, 0.15) is 66.2 Å². The van der Waals surface area contributed by atoms with Gasteiger partial charge in [0.15, 0.2) is 0 Å². The number of carbonyl (C=O) groups is 2. The first-order valence-corrected chi connectivity index (χ1v) is 11.2. The molecule has 0 saturated carbocycles. The molecule has 5 nitrogen and oxygen atoms in total. The summed E-state index contributed by atoms with van der Waals surface area (Å²) in [7, 11) is 0. The van der Waals surface area contributed by atoms with Gasteiger partial charge in [-0.15, -0.1) is 11.3 Å². The summed E-state index contributed by atoms with van der Waals surface area (Å²) in [5, 5.41) is 4.21. The minimum absolute atomic E-state index is 0.124. The van der Waals surface area contributed by atoms with Gasteiger partial charge in [0.05, 0.1) is 18.8 Å². The highest BCUT2D eigenvalue weighted by molar-refractivity contribution is 7.17. The average Bonchev–Trinajstić information content (AvgIpc) is 3.06. The van der Waals surface area contributed by atoms with E-state index in [-0.39, 0.29) is 11.9 Å². The van der Waals surface area contributed by atoms with Crippen LogP contribution in [-0.2, 0) is 16.0 Å². The standard InChI is InChI=1S/C22H26ClNO4S/c1-3-27-22(26)20-19-14(2)6-4-7-17(19)29-21(20)24-18(25)8-5-13-28-16-11-9-15(23)10-12-16/h9-12,14H,3-8,13H2,1-2H3,(H,24,25). The van der Waals surface area contributed by atoms with Crippen molar-refractivity contribution in [1.29, 1.82) is 0 Å². The van der Waals surface area contributed by atoms with E-state index in [4.69, 9.17) is 21.1 Å². The normalized spacial score (nSPS) is 15.5. The Bertz CT molecular complexity index is 862. The predicted octanol–water partition coefficient (Wildman–Crippen LogP) is 5.82. The lowest BCUT2D eigenvalue weighted by molar-refractivity contribution is -0.116. The number of fused-ring (bicyclic) bond motifs is 1. The Morgan fingerprint density at radius 3 is 2.76 bits per heavy atom. The maximum atomic E-state index is 12.6. The summed E-state index contributed by atoms with van der Waals surface area (Å²) < 4.78 is 10.9. The number of benzene rings is 1. The molecule has 1 heterocycles. The number of carbonyl (C=O) groups excluding carboxylic acids is 2. The number of nitrogens with one attached hydrogen (secondary N) is 1. The van der Waals surface area contributed by atoms with Crippen LogP contribution >= 0.6 is 22.9 Å². The van der Waals surface area contributed by atoms with E-state index in [1.54, 1.807) is 31.2 Å². The SMILES string of the molecule is CCOC(=O)c1c(NC(=O)CCCOc2ccc(Cl)cc2)sc2c1C(C)CCC2. The van der Waals surface area contributed by atoms with Gasteiger partial charge in [0, 0.05) is 16.3 Å². The summed E-state index contributed by atoms with van der Waals surface area (Å²) in [4.78, 5) is 26.2. The molecule has 0 radical (unpaired) electrons. The molecule has 0 saturated heterocycles. The number of ether oxygens (including phenoxy) is 2. The monoisotopic (exact) mass is 435 g/mol. The summed E-state index contributed by atoms with van der Waals surface area (Å²) >= 11 is 7.36. The number of hydrogen-bond acceptors (Lipinski definition) is 5. The smallest absolute Gasteiger partial charge is 0.341 e. The zero-order chi connectivity index (χ0) is 20.8. The number of amides is 1. The molecule has 0 spiro atoms. The van der Waals surface area contributed by atoms with Crippen LogP contribution in [0.4, 0.5) is 5.00 Å². The fourth-order valence-corrected chi connectivity index (χ4v) is 5.04. The Morgan fingerprint density at radius 1 is 1.28 bits per heavy atom. The molecule has 1 aromatic heterocycles. The van der Waals surface area contributed by atoms with E-state index >= 15 is 0 Å². The molecule has 29 heavy (non-hydrogen) atoms. The Labute approximate surface area is 180 Å². The van der Waals surface area contributed by atoms with Gasteiger partial charge in [-0.3, -0.25) is 4.79 Å². The van der Waals surface area contributed by atoms with E-state index in [1.165, 1.54) is 16.2 Å². The first kappa shape index (κ1) is 21.7. The maximum absolute atomic E-state index is 12.6. The second-order valence-electron chi connectivity index (χ2n) is 7.11. The van der Waals surface area contributed by atoms with E-state index in [1.807, 2.05) is 0 Å². The summed E-state index contributed by atoms with van der Waals surface area (Å²) in [6.45, 7) is 4.66. The number of hydrogen-bond donors (Lipinski definition) is 1. The summed E-state index contributed by atoms with van der Waals surface area (Å²) in [5.74, 6) is 0.550. The Kier molecular flexibility index (Phi) is 7.56. The molecular weight excluding hydrogens is 410 g/mol. The van der Waals surface area contributed by atoms with Crippen molar-refractivity contribution >= 4 is 39.8 Å². The van der Waals surface area contributed by atoms with Crippen molar-refractivity contribution in [3.05, 3.63) is 45.3 Å². The molecule has 1 aliphatic rings. The lowest BCUT2D eigenvalue weighted by Crippen LogP contribution is -2.17. The average molecular weight is 436 g/mol. The van der Waals surface area contributed by atoms with Crippen LogP contribution in [0.5, 0.6) is 5.75 Å². The number of thiophene rings is 1. The molecule has 1 unspecified atom stereocenters. The van der Waals surface area contributed by atoms with Crippen molar-refractivity contribution in [2.75, 3.05) is 18.5 Å². The summed E-state index contributed by atoms with van der Waals surface area (Å²) in [6.07, 6.45) is 3.98. The third kappa shape index (κ3) is 5.52. The van der Waals surface area contributed by atoms with Crippen LogP contribution < -0.4 is 10.1 Å². The number of rotatable bonds is 8. The van der Waals surface area contributed by atoms with E-state index in [0.29, 0.717) is 47.6 Å². The van der Waals surface area contributed by atoms with E-state index in [2.05, 4.69) is 12.2 Å². The van der Waals surface area contributed by atoms with Crippen LogP contribution in [0, 0.1) is 0 Å². The van der Waals surface area contributed by atoms with Gasteiger partial charge in [0.25, 0.3) is 0 Å². The van der Waals surface area contributed by atoms with Crippen LogP contribution in [0.25, 0.3) is 0 Å². The molecular formula is C22H26ClNO4S. The van der Waals surface area contributed by atoms with Gasteiger partial charge in [0.1, 0.15) is 10.8 Å². The molecule has 1 aliphatic carbocycles. The molecule has 0 bridgehead atoms. The van der Waals surface area contributed by atoms with Crippen molar-refractivity contribution in [3.8, 4) is 5.75 Å². The molecule has 1 amide bonds. The molecule has 1 atom stereocenters. The van der Waals surface area contributed by atoms with Gasteiger partial charge in [0.2, 0.25) is 5.91 Å². The first-order chi connectivity index (χ1) is 14.0. The lowest BCUT2D eigenvalue weighted by atomic mass is 9.86. The molecule has 7 heteroatoms. The highest BCUT2D eigenvalue weighted by Gasteiger charge is 2.30. The largest absolute Gasteiger partial charge is 0.494 e. The van der Waals surface area contributed by atoms with Gasteiger partial charge < -0.3 is 14.8 Å². The highest BCUT2D eigenvalue weighted by Crippen LogP contribution is 2.43. The molecule has 3 rings (SSSR count). The third-order valence-electron chi connectivity index (χ3n) is 4.92. The molecule has 156 valence electrons. The fourth-order valence-electron chi connectivity index (χ4n) is 3.55. The van der Waals surface area contributed by atoms with Gasteiger partial charge >= 0.3 is 5.97 Å². The Balaban J connectivity index is 1.60. The second-order valence-corrected chi connectivity index (χ2v) is 8.65. The zero-order valence-corrected chi connectivity index (χ0v) is 18.3. The summed E-state index contributed by atoms with van der Waals surface area (Å²) in [5.41, 5.74) is 1.60. The minimum atomic E-state index is -0.347. The van der Waals surface area contributed by atoms with E-state index in [0.717, 1.165) is 30.6 Å². The summed E-state index contributed by atoms with van der Waals surface area (Å²) in [6, 6.07) is 7.12. The quantitative estimate of drug-likeness (QED) is 0.419. The topological polar surface area (TPSA) is 64.6 Å². The number of halogens is 1. The van der Waals surface area contributed by atoms with E-state index < -0.39 is 0 Å². The number of anilines is 1. The van der Waals surface area contributed by atoms with Gasteiger partial charge in [-0.2, -0.15) is 0 Å². The van der Waals surface area contributed by atoms with Crippen molar-refractivity contribution < 1.29 is 19.1 Å². The van der Waals surface area contributed by atoms with Crippen LogP contribution in [0.3, 0.4) is 0 Å². The fraction of sp³-hybridized carbons (Fsp3) is 0.455. The molecule has 0 aliphatic heterocycles. The van der Waals surface area contributed by atoms with Gasteiger partial charge in [-0.1, -0.05) is 18.5 Å². The van der Waals surface area contributed by atoms with E-state index in [9.17, 15) is 9.59 Å². The molecule has 1 N–H and O–H groups in total. The second kappa shape index (κ2) is 10.1. The predicted molar refractivity (Wildman–Crippen MR) is 116 cm³/mol. The van der Waals surface area contributed by atoms with Crippen LogP contribution in [0.15, 0.2) is 24.3 Å². The van der Waals surface area contributed by atoms with Crippen molar-refractivity contribution in [1.82, 2.24) is 0 Å². The van der Waals surface area contributed by atoms with Crippen LogP contribution in [-0.4, -0.2) is 25.1 Å². The minimum Gasteiger partial charge on any atom is -0.494 e. The molecule has 0 fully saturated rings. The molecule has 2 aromatic rings. The Hall–Kier alpha value is -2.05. The third-order valence-corrected chi connectivity index (χ3v) is 6.35. The molecule has 1 aromatic carbocycles. The highest BCUT2D eigenvalue weighted by atomic mass is 35.5. The van der Waals surface area contributed by atoms with Gasteiger partial charge in [-0.05, 0) is 68.4 Å². The van der Waals surface area contributed by atoms with Crippen molar-refractivity contribution in [2.45, 2.75) is 51.9 Å². The van der Waals surface area contributed by atoms with Gasteiger partial charge in [-0.25, -0.2) is 4.79 Å². The van der Waals surface area contributed by atoms with Crippen molar-refractivity contribution in [3.63, 3.8) is 0 Å². The van der Waals surface area contributed by atoms with Crippen molar-refractivity contribution in [2.24, 2.45) is 0 Å².